The zero-order chi connectivity index (χ0) is 18.0. The van der Waals surface area contributed by atoms with Gasteiger partial charge in [-0.15, -0.1) is 0 Å². The number of nitrogens with one attached hydrogen (secondary N) is 1. The van der Waals surface area contributed by atoms with Crippen LogP contribution < -0.4 is 5.73 Å². The molecule has 3 rings (SSSR count). The number of aliphatic hydroxyl groups is 1. The Morgan fingerprint density at radius 3 is 2.84 bits per heavy atom. The summed E-state index contributed by atoms with van der Waals surface area (Å²) in [6.07, 6.45) is 2.26. The number of hydrogen-bond donors (Lipinski definition) is 3. The number of aryl methyl sites for hydroxylation is 1. The van der Waals surface area contributed by atoms with Crippen LogP contribution in [0.5, 0.6) is 0 Å². The number of hydrogen-bond acceptors (Lipinski definition) is 3. The van der Waals surface area contributed by atoms with Crippen molar-refractivity contribution in [3.05, 3.63) is 64.7 Å². The van der Waals surface area contributed by atoms with Crippen LogP contribution in [0.15, 0.2) is 42.6 Å². The van der Waals surface area contributed by atoms with E-state index < -0.39 is 12.0 Å². The number of H-pyrrole nitrogens is 1. The molecule has 0 saturated heterocycles. The molecule has 0 spiro atoms. The molecule has 0 aliphatic carbocycles. The Balaban J connectivity index is 1.83. The second kappa shape index (κ2) is 7.25. The van der Waals surface area contributed by atoms with Gasteiger partial charge in [0.15, 0.2) is 0 Å². The first-order chi connectivity index (χ1) is 12.0. The lowest BCUT2D eigenvalue weighted by molar-refractivity contribution is 0.0995. The highest BCUT2D eigenvalue weighted by atomic mass is 35.5. The van der Waals surface area contributed by atoms with Crippen LogP contribution in [-0.2, 0) is 6.42 Å². The van der Waals surface area contributed by atoms with E-state index in [2.05, 4.69) is 16.0 Å². The van der Waals surface area contributed by atoms with Gasteiger partial charge in [0.25, 0.3) is 5.91 Å². The van der Waals surface area contributed by atoms with E-state index in [4.69, 9.17) is 17.3 Å². The van der Waals surface area contributed by atoms with Gasteiger partial charge in [-0.05, 0) is 48.2 Å². The van der Waals surface area contributed by atoms with Crippen LogP contribution in [0.25, 0.3) is 10.8 Å². The number of benzene rings is 2. The summed E-state index contributed by atoms with van der Waals surface area (Å²) < 4.78 is 0. The summed E-state index contributed by atoms with van der Waals surface area (Å²) >= 11 is 6.06. The zero-order valence-electron chi connectivity index (χ0n) is 13.9. The number of aliphatic hydroxyl groups excluding tert-OH is 1. The van der Waals surface area contributed by atoms with Crippen molar-refractivity contribution in [2.75, 3.05) is 0 Å². The van der Waals surface area contributed by atoms with Crippen molar-refractivity contribution in [3.8, 4) is 0 Å². The molecule has 6 heteroatoms. The number of amides is 1. The van der Waals surface area contributed by atoms with Crippen molar-refractivity contribution in [1.29, 1.82) is 0 Å². The molecule has 0 unspecified atom stereocenters. The van der Waals surface area contributed by atoms with Gasteiger partial charge in [-0.3, -0.25) is 4.79 Å². The Labute approximate surface area is 150 Å². The first-order valence-corrected chi connectivity index (χ1v) is 8.53. The number of rotatable bonds is 6. The van der Waals surface area contributed by atoms with Crippen molar-refractivity contribution in [3.63, 3.8) is 0 Å². The van der Waals surface area contributed by atoms with Crippen LogP contribution in [0.2, 0.25) is 5.02 Å². The molecule has 4 N–H and O–H groups in total. The Kier molecular flexibility index (Phi) is 5.06. The predicted octanol–water partition coefficient (Wildman–Crippen LogP) is 3.41. The minimum atomic E-state index is -0.601. The topological polar surface area (TPSA) is 92.0 Å². The number of nitrogens with two attached hydrogens (primary N) is 1. The molecule has 130 valence electrons. The fourth-order valence-electron chi connectivity index (χ4n) is 3.11. The largest absolute Gasteiger partial charge is 0.393 e. The summed E-state index contributed by atoms with van der Waals surface area (Å²) in [5.41, 5.74) is 6.69. The molecule has 2 aromatic carbocycles. The molecule has 0 aliphatic rings. The quantitative estimate of drug-likeness (QED) is 0.631. The average molecular weight is 358 g/mol. The van der Waals surface area contributed by atoms with Gasteiger partial charge in [-0.2, -0.15) is 0 Å². The van der Waals surface area contributed by atoms with Crippen LogP contribution in [0.3, 0.4) is 0 Å². The lowest BCUT2D eigenvalue weighted by atomic mass is 9.92. The van der Waals surface area contributed by atoms with Crippen molar-refractivity contribution in [2.45, 2.75) is 31.8 Å². The van der Waals surface area contributed by atoms with Gasteiger partial charge >= 0.3 is 0 Å². The summed E-state index contributed by atoms with van der Waals surface area (Å²) in [5.74, 6) is -0.197. The van der Waals surface area contributed by atoms with Gasteiger partial charge < -0.3 is 15.8 Å². The summed E-state index contributed by atoms with van der Waals surface area (Å²) in [6, 6.07) is 11.9. The standard InChI is InChI=1S/C19H20ClN3O2/c1-11(24)15(19-22-10-17(23-19)18(21)25)7-5-12-3-2-4-13-9-14(20)6-8-16(12)13/h2-4,6,8-11,15,24H,5,7H2,1H3,(H2,21,25)(H,22,23)/t11-,15-/m0/s1. The molecule has 3 aromatic rings. The fourth-order valence-corrected chi connectivity index (χ4v) is 3.29. The molecule has 25 heavy (non-hydrogen) atoms. The van der Waals surface area contributed by atoms with Gasteiger partial charge in [-0.1, -0.05) is 35.9 Å². The highest BCUT2D eigenvalue weighted by molar-refractivity contribution is 6.31. The number of halogens is 1. The number of carbonyl (C=O) groups excluding carboxylic acids is 1. The number of aromatic nitrogens is 2. The average Bonchev–Trinajstić information content (AvgIpc) is 3.04. The number of fused-ring (bicyclic) bond motifs is 1. The van der Waals surface area contributed by atoms with Gasteiger partial charge in [0.05, 0.1) is 12.3 Å². The van der Waals surface area contributed by atoms with E-state index in [-0.39, 0.29) is 11.6 Å². The molecule has 1 heterocycles. The van der Waals surface area contributed by atoms with Gasteiger partial charge in [-0.25, -0.2) is 4.98 Å². The van der Waals surface area contributed by atoms with Crippen LogP contribution in [0, 0.1) is 0 Å². The summed E-state index contributed by atoms with van der Waals surface area (Å²) in [7, 11) is 0. The van der Waals surface area contributed by atoms with Gasteiger partial charge in [0.2, 0.25) is 0 Å². The first-order valence-electron chi connectivity index (χ1n) is 8.15. The monoisotopic (exact) mass is 357 g/mol. The summed E-state index contributed by atoms with van der Waals surface area (Å²) in [5, 5.41) is 13.1. The maximum Gasteiger partial charge on any atom is 0.266 e. The molecule has 0 radical (unpaired) electrons. The number of nitrogens with zero attached hydrogens (tertiary/aromatic N) is 1. The number of aromatic amines is 1. The van der Waals surface area contributed by atoms with Crippen LogP contribution in [0.1, 0.15) is 41.1 Å². The molecular formula is C19H20ClN3O2. The van der Waals surface area contributed by atoms with E-state index in [1.807, 2.05) is 30.3 Å². The Bertz CT molecular complexity index is 905. The second-order valence-corrected chi connectivity index (χ2v) is 6.65. The molecule has 2 atom stereocenters. The van der Waals surface area contributed by atoms with Crippen molar-refractivity contribution >= 4 is 28.3 Å². The lowest BCUT2D eigenvalue weighted by Gasteiger charge is -2.18. The second-order valence-electron chi connectivity index (χ2n) is 6.21. The minimum Gasteiger partial charge on any atom is -0.393 e. The molecule has 0 aliphatic heterocycles. The van der Waals surface area contributed by atoms with Crippen molar-refractivity contribution < 1.29 is 9.90 Å². The van der Waals surface area contributed by atoms with Crippen LogP contribution in [-0.4, -0.2) is 27.1 Å². The maximum absolute atomic E-state index is 11.2. The van der Waals surface area contributed by atoms with Crippen LogP contribution in [0.4, 0.5) is 0 Å². The fraction of sp³-hybridized carbons (Fsp3) is 0.263. The van der Waals surface area contributed by atoms with E-state index in [1.54, 1.807) is 6.92 Å². The highest BCUT2D eigenvalue weighted by Crippen LogP contribution is 2.27. The SMILES string of the molecule is C[C@H](O)[C@H](CCc1cccc2cc(Cl)ccc12)c1ncc(C(N)=O)[nH]1. The molecule has 0 bridgehead atoms. The van der Waals surface area contributed by atoms with E-state index in [9.17, 15) is 9.90 Å². The Morgan fingerprint density at radius 1 is 1.36 bits per heavy atom. The molecule has 1 aromatic heterocycles. The Morgan fingerprint density at radius 2 is 2.16 bits per heavy atom. The van der Waals surface area contributed by atoms with Crippen LogP contribution >= 0.6 is 11.6 Å². The number of imidazole rings is 1. The molecular weight excluding hydrogens is 338 g/mol. The van der Waals surface area contributed by atoms with Gasteiger partial charge in [0.1, 0.15) is 11.5 Å². The third-order valence-electron chi connectivity index (χ3n) is 4.45. The highest BCUT2D eigenvalue weighted by Gasteiger charge is 2.21. The third kappa shape index (κ3) is 3.83. The van der Waals surface area contributed by atoms with E-state index in [0.717, 1.165) is 17.2 Å². The van der Waals surface area contributed by atoms with E-state index in [1.165, 1.54) is 11.8 Å². The number of primary amides is 1. The first kappa shape index (κ1) is 17.5. The molecule has 5 nitrogen and oxygen atoms in total. The van der Waals surface area contributed by atoms with Crippen molar-refractivity contribution in [1.82, 2.24) is 9.97 Å². The summed E-state index contributed by atoms with van der Waals surface area (Å²) in [4.78, 5) is 18.4. The lowest BCUT2D eigenvalue weighted by Crippen LogP contribution is -2.18. The van der Waals surface area contributed by atoms with Gasteiger partial charge in [0, 0.05) is 10.9 Å². The Hall–Kier alpha value is -2.37. The molecule has 0 fully saturated rings. The van der Waals surface area contributed by atoms with E-state index >= 15 is 0 Å². The summed E-state index contributed by atoms with van der Waals surface area (Å²) in [6.45, 7) is 1.72. The number of carbonyl (C=O) groups is 1. The van der Waals surface area contributed by atoms with Crippen molar-refractivity contribution in [2.24, 2.45) is 5.73 Å². The zero-order valence-corrected chi connectivity index (χ0v) is 14.6. The molecule has 1 amide bonds. The minimum absolute atomic E-state index is 0.212. The van der Waals surface area contributed by atoms with E-state index in [0.29, 0.717) is 17.3 Å². The normalized spacial score (nSPS) is 13.7. The third-order valence-corrected chi connectivity index (χ3v) is 4.69. The maximum atomic E-state index is 11.2. The smallest absolute Gasteiger partial charge is 0.266 e. The molecule has 0 saturated carbocycles. The predicted molar refractivity (Wildman–Crippen MR) is 98.8 cm³/mol.